The molecule has 5 nitrogen and oxygen atoms in total. The minimum Gasteiger partial charge on any atom is -0.325 e. The maximum absolute atomic E-state index is 12.2. The van der Waals surface area contributed by atoms with Crippen LogP contribution in [0.15, 0.2) is 53.7 Å². The number of aryl methyl sites for hydroxylation is 3. The Hall–Kier alpha value is -2.60. The standard InChI is InChI=1S/C19H20N4OS/c1-13-4-8-16(9-5-13)20-18(24)12-25-19-22-21-15(3)23(19)17-10-6-14(2)7-11-17/h4-11H,12H2,1-3H3,(H,20,24). The van der Waals surface area contributed by atoms with E-state index in [1.165, 1.54) is 17.3 Å². The fourth-order valence-corrected chi connectivity index (χ4v) is 3.19. The van der Waals surface area contributed by atoms with Crippen LogP contribution >= 0.6 is 11.8 Å². The molecule has 3 aromatic rings. The summed E-state index contributed by atoms with van der Waals surface area (Å²) in [5.74, 6) is 1.01. The number of nitrogens with zero attached hydrogens (tertiary/aromatic N) is 3. The van der Waals surface area contributed by atoms with Gasteiger partial charge in [0.2, 0.25) is 5.91 Å². The number of amides is 1. The van der Waals surface area contributed by atoms with Crippen LogP contribution in [0.4, 0.5) is 5.69 Å². The number of carbonyl (C=O) groups is 1. The fraction of sp³-hybridized carbons (Fsp3) is 0.211. The third-order valence-electron chi connectivity index (χ3n) is 3.76. The van der Waals surface area contributed by atoms with Crippen LogP contribution in [-0.4, -0.2) is 26.4 Å². The maximum atomic E-state index is 12.2. The Morgan fingerprint density at radius 1 is 0.960 bits per heavy atom. The van der Waals surface area contributed by atoms with E-state index in [0.717, 1.165) is 22.8 Å². The first kappa shape index (κ1) is 17.2. The lowest BCUT2D eigenvalue weighted by Gasteiger charge is -2.09. The fourth-order valence-electron chi connectivity index (χ4n) is 2.39. The van der Waals surface area contributed by atoms with Crippen LogP contribution in [0.3, 0.4) is 0 Å². The van der Waals surface area contributed by atoms with Gasteiger partial charge in [-0.1, -0.05) is 47.2 Å². The van der Waals surface area contributed by atoms with Gasteiger partial charge in [-0.3, -0.25) is 9.36 Å². The quantitative estimate of drug-likeness (QED) is 0.707. The van der Waals surface area contributed by atoms with E-state index in [4.69, 9.17) is 0 Å². The Balaban J connectivity index is 1.68. The Bertz CT molecular complexity index is 869. The van der Waals surface area contributed by atoms with Gasteiger partial charge in [-0.15, -0.1) is 10.2 Å². The number of aromatic nitrogens is 3. The summed E-state index contributed by atoms with van der Waals surface area (Å²) in [6.07, 6.45) is 0. The van der Waals surface area contributed by atoms with Crippen molar-refractivity contribution in [2.75, 3.05) is 11.1 Å². The molecule has 1 aromatic heterocycles. The number of hydrogen-bond donors (Lipinski definition) is 1. The number of anilines is 1. The van der Waals surface area contributed by atoms with Crippen molar-refractivity contribution in [2.24, 2.45) is 0 Å². The van der Waals surface area contributed by atoms with Gasteiger partial charge in [0.05, 0.1) is 5.75 Å². The highest BCUT2D eigenvalue weighted by Crippen LogP contribution is 2.22. The summed E-state index contributed by atoms with van der Waals surface area (Å²) in [5, 5.41) is 12.0. The molecule has 0 spiro atoms. The van der Waals surface area contributed by atoms with Gasteiger partial charge in [-0.05, 0) is 45.0 Å². The largest absolute Gasteiger partial charge is 0.325 e. The molecule has 0 unspecified atom stereocenters. The SMILES string of the molecule is Cc1ccc(NC(=O)CSc2nnc(C)n2-c2ccc(C)cc2)cc1. The average Bonchev–Trinajstić information content (AvgIpc) is 2.97. The molecule has 25 heavy (non-hydrogen) atoms. The second kappa shape index (κ2) is 7.53. The van der Waals surface area contributed by atoms with E-state index in [1.54, 1.807) is 0 Å². The van der Waals surface area contributed by atoms with Crippen LogP contribution in [-0.2, 0) is 4.79 Å². The third kappa shape index (κ3) is 4.28. The van der Waals surface area contributed by atoms with Crippen molar-refractivity contribution in [1.29, 1.82) is 0 Å². The average molecular weight is 352 g/mol. The summed E-state index contributed by atoms with van der Waals surface area (Å²) in [6.45, 7) is 5.97. The molecule has 1 heterocycles. The highest BCUT2D eigenvalue weighted by molar-refractivity contribution is 7.99. The van der Waals surface area contributed by atoms with Gasteiger partial charge in [0.15, 0.2) is 5.16 Å². The highest BCUT2D eigenvalue weighted by atomic mass is 32.2. The van der Waals surface area contributed by atoms with Gasteiger partial charge in [0.25, 0.3) is 0 Å². The lowest BCUT2D eigenvalue weighted by Crippen LogP contribution is -2.14. The number of rotatable bonds is 5. The van der Waals surface area contributed by atoms with Gasteiger partial charge in [0.1, 0.15) is 5.82 Å². The van der Waals surface area contributed by atoms with E-state index < -0.39 is 0 Å². The summed E-state index contributed by atoms with van der Waals surface area (Å²) in [6, 6.07) is 15.9. The smallest absolute Gasteiger partial charge is 0.234 e. The van der Waals surface area contributed by atoms with Crippen molar-refractivity contribution in [3.63, 3.8) is 0 Å². The second-order valence-electron chi connectivity index (χ2n) is 5.90. The minimum atomic E-state index is -0.0648. The molecule has 0 radical (unpaired) electrons. The predicted octanol–water partition coefficient (Wildman–Crippen LogP) is 3.92. The molecule has 0 aliphatic carbocycles. The number of benzene rings is 2. The van der Waals surface area contributed by atoms with Gasteiger partial charge in [-0.2, -0.15) is 0 Å². The Morgan fingerprint density at radius 3 is 2.20 bits per heavy atom. The zero-order valence-electron chi connectivity index (χ0n) is 14.5. The second-order valence-corrected chi connectivity index (χ2v) is 6.85. The molecule has 0 aliphatic heterocycles. The zero-order chi connectivity index (χ0) is 17.8. The molecule has 0 saturated heterocycles. The van der Waals surface area contributed by atoms with E-state index in [1.807, 2.05) is 73.9 Å². The number of thioether (sulfide) groups is 1. The number of nitrogens with one attached hydrogen (secondary N) is 1. The van der Waals surface area contributed by atoms with Crippen molar-refractivity contribution in [3.8, 4) is 5.69 Å². The van der Waals surface area contributed by atoms with Crippen LogP contribution in [0.2, 0.25) is 0 Å². The van der Waals surface area contributed by atoms with Gasteiger partial charge in [-0.25, -0.2) is 0 Å². The molecule has 0 bridgehead atoms. The van der Waals surface area contributed by atoms with Crippen molar-refractivity contribution >= 4 is 23.4 Å². The van der Waals surface area contributed by atoms with Gasteiger partial charge >= 0.3 is 0 Å². The minimum absolute atomic E-state index is 0.0648. The monoisotopic (exact) mass is 352 g/mol. The summed E-state index contributed by atoms with van der Waals surface area (Å²) < 4.78 is 1.96. The molecule has 1 amide bonds. The first-order chi connectivity index (χ1) is 12.0. The molecule has 6 heteroatoms. The van der Waals surface area contributed by atoms with Crippen molar-refractivity contribution < 1.29 is 4.79 Å². The first-order valence-electron chi connectivity index (χ1n) is 8.01. The molecule has 0 atom stereocenters. The number of hydrogen-bond acceptors (Lipinski definition) is 4. The predicted molar refractivity (Wildman–Crippen MR) is 101 cm³/mol. The highest BCUT2D eigenvalue weighted by Gasteiger charge is 2.13. The molecule has 2 aromatic carbocycles. The molecule has 0 aliphatic rings. The molecule has 0 saturated carbocycles. The Morgan fingerprint density at radius 2 is 1.56 bits per heavy atom. The van der Waals surface area contributed by atoms with Crippen LogP contribution in [0, 0.1) is 20.8 Å². The molecule has 128 valence electrons. The molecular weight excluding hydrogens is 332 g/mol. The van der Waals surface area contributed by atoms with Gasteiger partial charge < -0.3 is 5.32 Å². The topological polar surface area (TPSA) is 59.8 Å². The van der Waals surface area contributed by atoms with E-state index in [-0.39, 0.29) is 11.7 Å². The summed E-state index contributed by atoms with van der Waals surface area (Å²) in [4.78, 5) is 12.2. The Labute approximate surface area is 151 Å². The zero-order valence-corrected chi connectivity index (χ0v) is 15.3. The van der Waals surface area contributed by atoms with Crippen molar-refractivity contribution in [1.82, 2.24) is 14.8 Å². The van der Waals surface area contributed by atoms with Gasteiger partial charge in [0, 0.05) is 11.4 Å². The molecular formula is C19H20N4OS. The van der Waals surface area contributed by atoms with E-state index >= 15 is 0 Å². The van der Waals surface area contributed by atoms with Crippen LogP contribution in [0.1, 0.15) is 17.0 Å². The summed E-state index contributed by atoms with van der Waals surface area (Å²) >= 11 is 1.37. The van der Waals surface area contributed by atoms with E-state index in [0.29, 0.717) is 5.16 Å². The van der Waals surface area contributed by atoms with Crippen LogP contribution in [0.5, 0.6) is 0 Å². The van der Waals surface area contributed by atoms with E-state index in [2.05, 4.69) is 15.5 Å². The molecule has 0 fully saturated rings. The summed E-state index contributed by atoms with van der Waals surface area (Å²) in [7, 11) is 0. The number of carbonyl (C=O) groups excluding carboxylic acids is 1. The third-order valence-corrected chi connectivity index (χ3v) is 4.68. The molecule has 3 rings (SSSR count). The van der Waals surface area contributed by atoms with Crippen LogP contribution < -0.4 is 5.32 Å². The maximum Gasteiger partial charge on any atom is 0.234 e. The molecule has 1 N–H and O–H groups in total. The van der Waals surface area contributed by atoms with Crippen molar-refractivity contribution in [3.05, 3.63) is 65.5 Å². The normalized spacial score (nSPS) is 10.7. The lowest BCUT2D eigenvalue weighted by atomic mass is 10.2. The Kier molecular flexibility index (Phi) is 5.19. The lowest BCUT2D eigenvalue weighted by molar-refractivity contribution is -0.113. The summed E-state index contributed by atoms with van der Waals surface area (Å²) in [5.41, 5.74) is 4.15. The van der Waals surface area contributed by atoms with E-state index in [9.17, 15) is 4.79 Å². The van der Waals surface area contributed by atoms with Crippen LogP contribution in [0.25, 0.3) is 5.69 Å². The van der Waals surface area contributed by atoms with Crippen molar-refractivity contribution in [2.45, 2.75) is 25.9 Å². The first-order valence-corrected chi connectivity index (χ1v) is 9.00.